The van der Waals surface area contributed by atoms with Crippen LogP contribution in [0, 0.1) is 11.8 Å². The van der Waals surface area contributed by atoms with Gasteiger partial charge in [0.2, 0.25) is 0 Å². The zero-order valence-electron chi connectivity index (χ0n) is 12.5. The largest absolute Gasteiger partial charge is 0.444 e. The van der Waals surface area contributed by atoms with Crippen LogP contribution < -0.4 is 0 Å². The molecule has 0 bridgehead atoms. The molecule has 108 valence electrons. The summed E-state index contributed by atoms with van der Waals surface area (Å²) in [6.45, 7) is 10.8. The molecule has 2 atom stereocenters. The number of carbonyl (C=O) groups excluding carboxylic acids is 1. The Hall–Kier alpha value is -1.25. The molecule has 1 rings (SSSR count). The maximum atomic E-state index is 12.3. The van der Waals surface area contributed by atoms with Crippen LogP contribution in [0.1, 0.15) is 41.5 Å². The summed E-state index contributed by atoms with van der Waals surface area (Å²) in [7, 11) is 0. The fraction of sp³-hybridized carbons (Fsp3) is 0.786. The number of ether oxygens (including phenoxy) is 2. The fourth-order valence-electron chi connectivity index (χ4n) is 1.98. The van der Waals surface area contributed by atoms with Gasteiger partial charge in [0, 0.05) is 0 Å². The van der Waals surface area contributed by atoms with Crippen LogP contribution in [0.5, 0.6) is 0 Å². The molecule has 0 radical (unpaired) electrons. The van der Waals surface area contributed by atoms with Gasteiger partial charge in [-0.25, -0.2) is 4.79 Å². The Labute approximate surface area is 114 Å². The van der Waals surface area contributed by atoms with Gasteiger partial charge in [-0.05, 0) is 41.5 Å². The number of amides is 1. The third-order valence-electron chi connectivity index (χ3n) is 2.77. The Kier molecular flexibility index (Phi) is 4.49. The first-order valence-electron chi connectivity index (χ1n) is 6.35. The number of nitrogens with zero attached hydrogens (tertiary/aromatic N) is 1. The molecule has 0 saturated carbocycles. The summed E-state index contributed by atoms with van der Waals surface area (Å²) in [5.41, 5.74) is -1.41. The van der Waals surface area contributed by atoms with E-state index in [4.69, 9.17) is 9.47 Å². The van der Waals surface area contributed by atoms with Crippen molar-refractivity contribution in [2.24, 2.45) is 0 Å². The minimum Gasteiger partial charge on any atom is -0.444 e. The second-order valence-electron chi connectivity index (χ2n) is 6.01. The Bertz CT molecular complexity index is 400. The van der Waals surface area contributed by atoms with Crippen molar-refractivity contribution in [2.75, 3.05) is 6.61 Å². The van der Waals surface area contributed by atoms with Gasteiger partial charge in [-0.3, -0.25) is 4.90 Å². The molecule has 1 aliphatic rings. The first-order chi connectivity index (χ1) is 8.58. The van der Waals surface area contributed by atoms with Gasteiger partial charge in [0.25, 0.3) is 0 Å². The average Bonchev–Trinajstić information content (AvgIpc) is 2.51. The van der Waals surface area contributed by atoms with Gasteiger partial charge in [-0.2, -0.15) is 0 Å². The lowest BCUT2D eigenvalue weighted by Gasteiger charge is -2.35. The van der Waals surface area contributed by atoms with Crippen LogP contribution in [-0.4, -0.2) is 46.2 Å². The van der Waals surface area contributed by atoms with Crippen molar-refractivity contribution >= 4 is 6.09 Å². The lowest BCUT2D eigenvalue weighted by molar-refractivity contribution is -0.0658. The second-order valence-corrected chi connectivity index (χ2v) is 6.01. The van der Waals surface area contributed by atoms with E-state index in [0.29, 0.717) is 0 Å². The number of carbonyl (C=O) groups is 1. The molecule has 1 saturated heterocycles. The summed E-state index contributed by atoms with van der Waals surface area (Å²) in [4.78, 5) is 13.7. The van der Waals surface area contributed by atoms with Crippen LogP contribution in [0.15, 0.2) is 0 Å². The molecule has 19 heavy (non-hydrogen) atoms. The minimum absolute atomic E-state index is 0.238. The lowest BCUT2D eigenvalue weighted by Crippen LogP contribution is -2.53. The maximum absolute atomic E-state index is 12.3. The monoisotopic (exact) mass is 269 g/mol. The Morgan fingerprint density at radius 1 is 1.53 bits per heavy atom. The van der Waals surface area contributed by atoms with Gasteiger partial charge < -0.3 is 14.6 Å². The van der Waals surface area contributed by atoms with E-state index < -0.39 is 29.6 Å². The number of rotatable bonds is 1. The van der Waals surface area contributed by atoms with Crippen molar-refractivity contribution in [1.29, 1.82) is 0 Å². The van der Waals surface area contributed by atoms with E-state index >= 15 is 0 Å². The molecule has 1 aliphatic heterocycles. The fourth-order valence-corrected chi connectivity index (χ4v) is 1.98. The summed E-state index contributed by atoms with van der Waals surface area (Å²) >= 11 is 0. The summed E-state index contributed by atoms with van der Waals surface area (Å²) < 4.78 is 10.9. The van der Waals surface area contributed by atoms with Gasteiger partial charge in [0.1, 0.15) is 17.4 Å². The van der Waals surface area contributed by atoms with E-state index in [9.17, 15) is 9.90 Å². The van der Waals surface area contributed by atoms with Crippen molar-refractivity contribution in [2.45, 2.75) is 65.0 Å². The number of hydrogen-bond donors (Lipinski definition) is 1. The first kappa shape index (κ1) is 15.8. The van der Waals surface area contributed by atoms with Gasteiger partial charge in [-0.15, -0.1) is 5.92 Å². The average molecular weight is 269 g/mol. The van der Waals surface area contributed by atoms with Crippen LogP contribution in [0.25, 0.3) is 0 Å². The molecular formula is C14H23NO4. The first-order valence-corrected chi connectivity index (χ1v) is 6.35. The zero-order valence-corrected chi connectivity index (χ0v) is 12.5. The molecule has 0 spiro atoms. The van der Waals surface area contributed by atoms with Gasteiger partial charge in [0.05, 0.1) is 12.6 Å². The van der Waals surface area contributed by atoms with Crippen LogP contribution in [-0.2, 0) is 9.47 Å². The summed E-state index contributed by atoms with van der Waals surface area (Å²) in [6.07, 6.45) is -1.45. The molecule has 5 nitrogen and oxygen atoms in total. The predicted molar refractivity (Wildman–Crippen MR) is 71.3 cm³/mol. The molecule has 1 heterocycles. The van der Waals surface area contributed by atoms with Crippen molar-refractivity contribution in [1.82, 2.24) is 4.90 Å². The molecule has 0 aliphatic carbocycles. The van der Waals surface area contributed by atoms with Crippen LogP contribution in [0.4, 0.5) is 4.79 Å². The molecular weight excluding hydrogens is 246 g/mol. The smallest absolute Gasteiger partial charge is 0.413 e. The zero-order chi connectivity index (χ0) is 14.8. The highest BCUT2D eigenvalue weighted by Gasteiger charge is 2.48. The maximum Gasteiger partial charge on any atom is 0.413 e. The highest BCUT2D eigenvalue weighted by atomic mass is 16.6. The molecule has 1 amide bonds. The Morgan fingerprint density at radius 2 is 2.11 bits per heavy atom. The van der Waals surface area contributed by atoms with E-state index in [2.05, 4.69) is 11.8 Å². The van der Waals surface area contributed by atoms with E-state index in [0.717, 1.165) is 0 Å². The minimum atomic E-state index is -0.945. The third-order valence-corrected chi connectivity index (χ3v) is 2.77. The molecule has 0 aromatic carbocycles. The third kappa shape index (κ3) is 3.85. The summed E-state index contributed by atoms with van der Waals surface area (Å²) in [5.74, 6) is 5.29. The number of aliphatic hydroxyl groups is 1. The van der Waals surface area contributed by atoms with E-state index in [1.807, 2.05) is 0 Å². The SMILES string of the molecule is CC#C[C@H](O)[C@@H]1COC(C)(C)N1C(=O)OC(C)(C)C. The Morgan fingerprint density at radius 3 is 2.58 bits per heavy atom. The highest BCUT2D eigenvalue weighted by Crippen LogP contribution is 2.30. The molecule has 0 aromatic heterocycles. The van der Waals surface area contributed by atoms with E-state index in [1.54, 1.807) is 41.5 Å². The number of hydrogen-bond acceptors (Lipinski definition) is 4. The van der Waals surface area contributed by atoms with Crippen molar-refractivity contribution < 1.29 is 19.4 Å². The quantitative estimate of drug-likeness (QED) is 0.737. The predicted octanol–water partition coefficient (Wildman–Crippen LogP) is 1.74. The van der Waals surface area contributed by atoms with Gasteiger partial charge in [-0.1, -0.05) is 5.92 Å². The number of aliphatic hydroxyl groups excluding tert-OH is 1. The van der Waals surface area contributed by atoms with E-state index in [-0.39, 0.29) is 6.61 Å². The van der Waals surface area contributed by atoms with Crippen molar-refractivity contribution in [3.05, 3.63) is 0 Å². The van der Waals surface area contributed by atoms with E-state index in [1.165, 1.54) is 4.90 Å². The summed E-state index contributed by atoms with van der Waals surface area (Å²) in [5, 5.41) is 10.00. The van der Waals surface area contributed by atoms with Gasteiger partial charge >= 0.3 is 6.09 Å². The normalized spacial score (nSPS) is 23.5. The van der Waals surface area contributed by atoms with Crippen LogP contribution in [0.3, 0.4) is 0 Å². The standard InChI is InChI=1S/C14H23NO4/c1-7-8-11(16)10-9-18-14(5,6)15(10)12(17)19-13(2,3)4/h10-11,16H,9H2,1-6H3/t10-,11-/m0/s1. The Balaban J connectivity index is 2.95. The van der Waals surface area contributed by atoms with Crippen molar-refractivity contribution in [3.8, 4) is 11.8 Å². The molecule has 0 unspecified atom stereocenters. The van der Waals surface area contributed by atoms with Crippen LogP contribution >= 0.6 is 0 Å². The summed E-state index contributed by atoms with van der Waals surface area (Å²) in [6, 6.07) is -0.516. The topological polar surface area (TPSA) is 59.0 Å². The highest BCUT2D eigenvalue weighted by molar-refractivity contribution is 5.70. The molecule has 1 fully saturated rings. The molecule has 1 N–H and O–H groups in total. The molecule has 5 heteroatoms. The molecule has 0 aromatic rings. The lowest BCUT2D eigenvalue weighted by atomic mass is 10.1. The van der Waals surface area contributed by atoms with Crippen molar-refractivity contribution in [3.63, 3.8) is 0 Å². The second kappa shape index (κ2) is 5.40. The van der Waals surface area contributed by atoms with Crippen LogP contribution in [0.2, 0.25) is 0 Å². The van der Waals surface area contributed by atoms with Gasteiger partial charge in [0.15, 0.2) is 0 Å².